The molecule has 0 radical (unpaired) electrons. The Hall–Kier alpha value is -2.38. The quantitative estimate of drug-likeness (QED) is 0.706. The van der Waals surface area contributed by atoms with Crippen molar-refractivity contribution in [2.24, 2.45) is 5.92 Å². The number of hydrogen-bond acceptors (Lipinski definition) is 6. The van der Waals surface area contributed by atoms with E-state index in [1.165, 1.54) is 0 Å². The van der Waals surface area contributed by atoms with Crippen molar-refractivity contribution in [3.05, 3.63) is 12.3 Å². The highest BCUT2D eigenvalue weighted by molar-refractivity contribution is 5.78. The Bertz CT molecular complexity index is 495. The first-order chi connectivity index (χ1) is 10.5. The van der Waals surface area contributed by atoms with Crippen LogP contribution in [0.4, 0.5) is 11.8 Å². The van der Waals surface area contributed by atoms with Crippen molar-refractivity contribution in [3.8, 4) is 0 Å². The van der Waals surface area contributed by atoms with Crippen molar-refractivity contribution in [3.63, 3.8) is 0 Å². The van der Waals surface area contributed by atoms with Gasteiger partial charge in [0.25, 0.3) is 6.47 Å². The second-order valence-electron chi connectivity index (χ2n) is 5.33. The molecule has 122 valence electrons. The molecule has 4 N–H and O–H groups in total. The summed E-state index contributed by atoms with van der Waals surface area (Å²) in [4.78, 5) is 30.5. The van der Waals surface area contributed by atoms with Gasteiger partial charge in [-0.2, -0.15) is 4.98 Å². The number of hydrogen-bond donors (Lipinski definition) is 3. The monoisotopic (exact) mass is 309 g/mol. The van der Waals surface area contributed by atoms with Crippen LogP contribution in [0.25, 0.3) is 0 Å². The van der Waals surface area contributed by atoms with E-state index in [9.17, 15) is 4.79 Å². The molecule has 1 fully saturated rings. The smallest absolute Gasteiger partial charge is 0.290 e. The van der Waals surface area contributed by atoms with Crippen LogP contribution in [0.3, 0.4) is 0 Å². The molecular weight excluding hydrogens is 286 g/mol. The zero-order chi connectivity index (χ0) is 16.5. The maximum absolute atomic E-state index is 12.0. The number of nitrogen functional groups attached to an aromatic ring is 1. The van der Waals surface area contributed by atoms with Crippen LogP contribution in [-0.4, -0.2) is 51.5 Å². The van der Waals surface area contributed by atoms with E-state index in [4.69, 9.17) is 15.6 Å². The molecule has 0 bridgehead atoms. The van der Waals surface area contributed by atoms with E-state index >= 15 is 0 Å². The molecule has 0 spiro atoms. The summed E-state index contributed by atoms with van der Waals surface area (Å²) in [5.41, 5.74) is 5.62. The largest absolute Gasteiger partial charge is 0.483 e. The molecule has 8 heteroatoms. The molecule has 1 aliphatic heterocycles. The lowest BCUT2D eigenvalue weighted by Crippen LogP contribution is -2.46. The number of nitrogens with zero attached hydrogens (tertiary/aromatic N) is 3. The molecule has 1 aromatic heterocycles. The third-order valence-electron chi connectivity index (χ3n) is 3.24. The molecule has 1 saturated heterocycles. The standard InChI is InChI=1S/C13H21N5O.CH2O2/c1-9(2)12(19)18-7-3-4-10(8-18)16-13-15-6-5-11(14)17-13;2-1-3/h5-6,9-10H,3-4,7-8H2,1-2H3,(H3,14,15,16,17);1H,(H,2,3). The Morgan fingerprint density at radius 3 is 2.86 bits per heavy atom. The SMILES string of the molecule is CC(C)C(=O)N1CCCC(Nc2nccc(N)n2)C1.O=CO. The molecular formula is C14H23N5O3. The molecule has 1 atom stereocenters. The lowest BCUT2D eigenvalue weighted by molar-refractivity contribution is -0.135. The van der Waals surface area contributed by atoms with Gasteiger partial charge in [0.1, 0.15) is 5.82 Å². The number of likely N-dealkylation sites (tertiary alicyclic amines) is 1. The van der Waals surface area contributed by atoms with Crippen LogP contribution >= 0.6 is 0 Å². The van der Waals surface area contributed by atoms with Gasteiger partial charge in [-0.15, -0.1) is 0 Å². The molecule has 1 aliphatic rings. The van der Waals surface area contributed by atoms with Gasteiger partial charge in [-0.1, -0.05) is 13.8 Å². The van der Waals surface area contributed by atoms with E-state index in [1.807, 2.05) is 18.7 Å². The van der Waals surface area contributed by atoms with Gasteiger partial charge in [-0.05, 0) is 18.9 Å². The van der Waals surface area contributed by atoms with Gasteiger partial charge in [0.15, 0.2) is 0 Å². The number of carbonyl (C=O) groups excluding carboxylic acids is 1. The molecule has 2 rings (SSSR count). The fraction of sp³-hybridized carbons (Fsp3) is 0.571. The predicted molar refractivity (Wildman–Crippen MR) is 83.2 cm³/mol. The minimum absolute atomic E-state index is 0.0439. The van der Waals surface area contributed by atoms with Crippen molar-refractivity contribution in [2.75, 3.05) is 24.1 Å². The normalized spacial score (nSPS) is 17.4. The van der Waals surface area contributed by atoms with Crippen LogP contribution in [-0.2, 0) is 9.59 Å². The first kappa shape index (κ1) is 17.7. The van der Waals surface area contributed by atoms with E-state index in [1.54, 1.807) is 12.3 Å². The number of aromatic nitrogens is 2. The van der Waals surface area contributed by atoms with Gasteiger partial charge in [-0.25, -0.2) is 4.98 Å². The summed E-state index contributed by atoms with van der Waals surface area (Å²) >= 11 is 0. The highest BCUT2D eigenvalue weighted by atomic mass is 16.3. The van der Waals surface area contributed by atoms with E-state index in [0.29, 0.717) is 18.3 Å². The molecule has 0 aromatic carbocycles. The van der Waals surface area contributed by atoms with E-state index < -0.39 is 0 Å². The minimum atomic E-state index is -0.250. The van der Waals surface area contributed by atoms with Gasteiger partial charge in [0.2, 0.25) is 11.9 Å². The number of nitrogens with one attached hydrogen (secondary N) is 1. The number of amides is 1. The predicted octanol–water partition coefficient (Wildman–Crippen LogP) is 0.819. The van der Waals surface area contributed by atoms with E-state index in [0.717, 1.165) is 19.4 Å². The summed E-state index contributed by atoms with van der Waals surface area (Å²) in [7, 11) is 0. The lowest BCUT2D eigenvalue weighted by atomic mass is 10.0. The second kappa shape index (κ2) is 8.81. The Labute approximate surface area is 129 Å². The van der Waals surface area contributed by atoms with Crippen molar-refractivity contribution in [1.29, 1.82) is 0 Å². The molecule has 1 unspecified atom stereocenters. The molecule has 22 heavy (non-hydrogen) atoms. The average Bonchev–Trinajstić information content (AvgIpc) is 2.47. The summed E-state index contributed by atoms with van der Waals surface area (Å²) in [6, 6.07) is 1.85. The number of anilines is 2. The van der Waals surface area contributed by atoms with E-state index in [2.05, 4.69) is 15.3 Å². The maximum Gasteiger partial charge on any atom is 0.290 e. The molecule has 2 heterocycles. The Balaban J connectivity index is 0.000000745. The summed E-state index contributed by atoms with van der Waals surface area (Å²) in [6.45, 7) is 5.16. The molecule has 0 aliphatic carbocycles. The van der Waals surface area contributed by atoms with Crippen molar-refractivity contribution >= 4 is 24.1 Å². The summed E-state index contributed by atoms with van der Waals surface area (Å²) in [5.74, 6) is 1.23. The summed E-state index contributed by atoms with van der Waals surface area (Å²) in [5, 5.41) is 10.1. The third kappa shape index (κ3) is 5.55. The maximum atomic E-state index is 12.0. The average molecular weight is 309 g/mol. The lowest BCUT2D eigenvalue weighted by Gasteiger charge is -2.34. The van der Waals surface area contributed by atoms with Crippen LogP contribution in [0.15, 0.2) is 12.3 Å². The number of carboxylic acid groups (broad SMARTS) is 1. The van der Waals surface area contributed by atoms with Gasteiger partial charge in [-0.3, -0.25) is 9.59 Å². The number of piperidine rings is 1. The summed E-state index contributed by atoms with van der Waals surface area (Å²) in [6.07, 6.45) is 3.64. The fourth-order valence-corrected chi connectivity index (χ4v) is 2.29. The van der Waals surface area contributed by atoms with Crippen LogP contribution in [0.5, 0.6) is 0 Å². The summed E-state index contributed by atoms with van der Waals surface area (Å²) < 4.78 is 0. The van der Waals surface area contributed by atoms with Crippen LogP contribution < -0.4 is 11.1 Å². The first-order valence-electron chi connectivity index (χ1n) is 7.19. The Kier molecular flexibility index (Phi) is 7.07. The third-order valence-corrected chi connectivity index (χ3v) is 3.24. The second-order valence-corrected chi connectivity index (χ2v) is 5.33. The zero-order valence-corrected chi connectivity index (χ0v) is 12.9. The van der Waals surface area contributed by atoms with Gasteiger partial charge >= 0.3 is 0 Å². The highest BCUT2D eigenvalue weighted by Gasteiger charge is 2.25. The fourth-order valence-electron chi connectivity index (χ4n) is 2.29. The topological polar surface area (TPSA) is 121 Å². The van der Waals surface area contributed by atoms with Crippen LogP contribution in [0.1, 0.15) is 26.7 Å². The molecule has 8 nitrogen and oxygen atoms in total. The van der Waals surface area contributed by atoms with Crippen LogP contribution in [0, 0.1) is 5.92 Å². The highest BCUT2D eigenvalue weighted by Crippen LogP contribution is 2.16. The molecule has 1 amide bonds. The van der Waals surface area contributed by atoms with E-state index in [-0.39, 0.29) is 24.3 Å². The Morgan fingerprint density at radius 1 is 1.59 bits per heavy atom. The van der Waals surface area contributed by atoms with Gasteiger partial charge in [0, 0.05) is 31.2 Å². The minimum Gasteiger partial charge on any atom is -0.483 e. The van der Waals surface area contributed by atoms with Crippen molar-refractivity contribution in [1.82, 2.24) is 14.9 Å². The van der Waals surface area contributed by atoms with Gasteiger partial charge in [0.05, 0.1) is 0 Å². The van der Waals surface area contributed by atoms with Crippen LogP contribution in [0.2, 0.25) is 0 Å². The molecule has 0 saturated carbocycles. The van der Waals surface area contributed by atoms with Crippen molar-refractivity contribution < 1.29 is 14.7 Å². The number of carbonyl (C=O) groups is 2. The zero-order valence-electron chi connectivity index (χ0n) is 12.9. The molecule has 1 aromatic rings. The first-order valence-corrected chi connectivity index (χ1v) is 7.19. The van der Waals surface area contributed by atoms with Crippen molar-refractivity contribution in [2.45, 2.75) is 32.7 Å². The van der Waals surface area contributed by atoms with Gasteiger partial charge < -0.3 is 21.1 Å². The Morgan fingerprint density at radius 2 is 2.27 bits per heavy atom. The number of rotatable bonds is 3. The number of nitrogens with two attached hydrogens (primary N) is 1.